The van der Waals surface area contributed by atoms with Crippen molar-refractivity contribution in [1.82, 2.24) is 5.16 Å². The molecule has 10 heteroatoms. The number of sulfonamides is 1. The first-order valence-electron chi connectivity index (χ1n) is 6.27. The van der Waals surface area contributed by atoms with Gasteiger partial charge in [0, 0.05) is 0 Å². The molecule has 0 radical (unpaired) electrons. The Kier molecular flexibility index (Phi) is 4.29. The van der Waals surface area contributed by atoms with Gasteiger partial charge in [-0.2, -0.15) is 13.2 Å². The Balaban J connectivity index is 2.50. The molecule has 0 spiro atoms. The summed E-state index contributed by atoms with van der Waals surface area (Å²) in [5, 5.41) is 3.52. The molecule has 2 aromatic rings. The summed E-state index contributed by atoms with van der Waals surface area (Å²) in [6.07, 6.45) is -4.62. The molecule has 6 nitrogen and oxygen atoms in total. The fourth-order valence-electron chi connectivity index (χ4n) is 2.02. The highest BCUT2D eigenvalue weighted by molar-refractivity contribution is 7.92. The van der Waals surface area contributed by atoms with Gasteiger partial charge in [-0.15, -0.1) is 0 Å². The van der Waals surface area contributed by atoms with Crippen molar-refractivity contribution in [2.45, 2.75) is 24.9 Å². The van der Waals surface area contributed by atoms with Crippen LogP contribution in [0, 0.1) is 13.8 Å². The molecule has 23 heavy (non-hydrogen) atoms. The van der Waals surface area contributed by atoms with E-state index in [1.54, 1.807) is 0 Å². The zero-order chi connectivity index (χ0) is 17.4. The van der Waals surface area contributed by atoms with Gasteiger partial charge in [0.05, 0.1) is 18.4 Å². The normalized spacial score (nSPS) is 12.3. The van der Waals surface area contributed by atoms with Crippen molar-refractivity contribution in [3.8, 4) is 5.75 Å². The van der Waals surface area contributed by atoms with Crippen LogP contribution in [0.4, 0.5) is 18.9 Å². The van der Waals surface area contributed by atoms with E-state index >= 15 is 0 Å². The van der Waals surface area contributed by atoms with E-state index in [-0.39, 0.29) is 27.8 Å². The molecular formula is C13H13F3N2O4S. The lowest BCUT2D eigenvalue weighted by Crippen LogP contribution is -2.16. The minimum absolute atomic E-state index is 0.0287. The summed E-state index contributed by atoms with van der Waals surface area (Å²) in [7, 11) is -2.96. The summed E-state index contributed by atoms with van der Waals surface area (Å²) in [5.41, 5.74) is -1.24. The van der Waals surface area contributed by atoms with Crippen molar-refractivity contribution in [1.29, 1.82) is 0 Å². The molecule has 0 aliphatic carbocycles. The van der Waals surface area contributed by atoms with Crippen LogP contribution in [0.3, 0.4) is 0 Å². The van der Waals surface area contributed by atoms with Gasteiger partial charge in [0.1, 0.15) is 11.4 Å². The molecule has 1 aromatic heterocycles. The van der Waals surface area contributed by atoms with E-state index in [2.05, 4.69) is 9.88 Å². The van der Waals surface area contributed by atoms with Crippen molar-refractivity contribution in [2.75, 3.05) is 11.8 Å². The molecule has 1 N–H and O–H groups in total. The Bertz CT molecular complexity index is 809. The topological polar surface area (TPSA) is 81.4 Å². The Labute approximate surface area is 130 Å². The smallest absolute Gasteiger partial charge is 0.416 e. The fraction of sp³-hybridized carbons (Fsp3) is 0.308. The molecule has 0 bridgehead atoms. The lowest BCUT2D eigenvalue weighted by atomic mass is 10.2. The first kappa shape index (κ1) is 17.1. The first-order valence-corrected chi connectivity index (χ1v) is 7.75. The number of methoxy groups -OCH3 is 1. The standard InChI is InChI=1S/C13H13F3N2O4S/c1-7-12(8(2)22-17-7)23(19,20)18-10-6-9(13(14,15)16)4-5-11(10)21-3/h4-6,18H,1-3H3. The van der Waals surface area contributed by atoms with Crippen LogP contribution in [-0.2, 0) is 16.2 Å². The van der Waals surface area contributed by atoms with Gasteiger partial charge in [0.2, 0.25) is 0 Å². The van der Waals surface area contributed by atoms with E-state index in [1.165, 1.54) is 21.0 Å². The SMILES string of the molecule is COc1ccc(C(F)(F)F)cc1NS(=O)(=O)c1c(C)noc1C. The summed E-state index contributed by atoms with van der Waals surface area (Å²) in [4.78, 5) is -0.225. The van der Waals surface area contributed by atoms with E-state index in [9.17, 15) is 21.6 Å². The zero-order valence-electron chi connectivity index (χ0n) is 12.4. The highest BCUT2D eigenvalue weighted by atomic mass is 32.2. The first-order chi connectivity index (χ1) is 10.6. The highest BCUT2D eigenvalue weighted by Crippen LogP contribution is 2.36. The Morgan fingerprint density at radius 2 is 1.91 bits per heavy atom. The molecular weight excluding hydrogens is 337 g/mol. The van der Waals surface area contributed by atoms with Crippen LogP contribution in [0.15, 0.2) is 27.6 Å². The lowest BCUT2D eigenvalue weighted by Gasteiger charge is -2.14. The number of ether oxygens (including phenoxy) is 1. The number of rotatable bonds is 4. The molecule has 0 unspecified atom stereocenters. The number of hydrogen-bond acceptors (Lipinski definition) is 5. The van der Waals surface area contributed by atoms with Gasteiger partial charge in [0.15, 0.2) is 10.7 Å². The van der Waals surface area contributed by atoms with Crippen molar-refractivity contribution < 1.29 is 30.8 Å². The Morgan fingerprint density at radius 3 is 2.39 bits per heavy atom. The summed E-state index contributed by atoms with van der Waals surface area (Å²) >= 11 is 0. The monoisotopic (exact) mass is 350 g/mol. The predicted molar refractivity (Wildman–Crippen MR) is 74.8 cm³/mol. The molecule has 126 valence electrons. The molecule has 0 aliphatic heterocycles. The second kappa shape index (κ2) is 5.76. The van der Waals surface area contributed by atoms with Crippen molar-refractivity contribution in [2.24, 2.45) is 0 Å². The molecule has 0 aliphatic rings. The summed E-state index contributed by atoms with van der Waals surface area (Å²) in [6.45, 7) is 2.80. The van der Waals surface area contributed by atoms with Gasteiger partial charge in [-0.25, -0.2) is 8.42 Å². The van der Waals surface area contributed by atoms with Crippen LogP contribution in [0.2, 0.25) is 0 Å². The third-order valence-electron chi connectivity index (χ3n) is 3.01. The lowest BCUT2D eigenvalue weighted by molar-refractivity contribution is -0.137. The summed E-state index contributed by atoms with van der Waals surface area (Å²) in [5.74, 6) is -0.0192. The number of aromatic nitrogens is 1. The molecule has 0 saturated heterocycles. The molecule has 0 fully saturated rings. The maximum Gasteiger partial charge on any atom is 0.416 e. The van der Waals surface area contributed by atoms with Crippen molar-refractivity contribution >= 4 is 15.7 Å². The maximum atomic E-state index is 12.8. The molecule has 0 amide bonds. The van der Waals surface area contributed by atoms with E-state index < -0.39 is 21.8 Å². The highest BCUT2D eigenvalue weighted by Gasteiger charge is 2.32. The van der Waals surface area contributed by atoms with Gasteiger partial charge in [-0.05, 0) is 32.0 Å². The van der Waals surface area contributed by atoms with Crippen LogP contribution < -0.4 is 9.46 Å². The number of alkyl halides is 3. The average molecular weight is 350 g/mol. The summed E-state index contributed by atoms with van der Waals surface area (Å²) < 4.78 is 74.9. The Morgan fingerprint density at radius 1 is 1.26 bits per heavy atom. The third kappa shape index (κ3) is 3.41. The quantitative estimate of drug-likeness (QED) is 0.916. The van der Waals surface area contributed by atoms with Crippen molar-refractivity contribution in [3.05, 3.63) is 35.2 Å². The van der Waals surface area contributed by atoms with Crippen molar-refractivity contribution in [3.63, 3.8) is 0 Å². The van der Waals surface area contributed by atoms with Crippen LogP contribution in [0.25, 0.3) is 0 Å². The largest absolute Gasteiger partial charge is 0.495 e. The van der Waals surface area contributed by atoms with Crippen LogP contribution >= 0.6 is 0 Å². The fourth-order valence-corrected chi connectivity index (χ4v) is 3.41. The number of aryl methyl sites for hydroxylation is 2. The van der Waals surface area contributed by atoms with Crippen LogP contribution in [0.5, 0.6) is 5.75 Å². The maximum absolute atomic E-state index is 12.8. The number of hydrogen-bond donors (Lipinski definition) is 1. The molecule has 2 rings (SSSR count). The zero-order valence-corrected chi connectivity index (χ0v) is 13.2. The van der Waals surface area contributed by atoms with Gasteiger partial charge in [-0.3, -0.25) is 4.72 Å². The van der Waals surface area contributed by atoms with Gasteiger partial charge < -0.3 is 9.26 Å². The summed E-state index contributed by atoms with van der Waals surface area (Å²) in [6, 6.07) is 2.50. The number of nitrogens with one attached hydrogen (secondary N) is 1. The van der Waals surface area contributed by atoms with Crippen LogP contribution in [-0.4, -0.2) is 20.7 Å². The number of benzene rings is 1. The number of halogens is 3. The average Bonchev–Trinajstić information content (AvgIpc) is 2.77. The second-order valence-electron chi connectivity index (χ2n) is 4.67. The molecule has 0 atom stereocenters. The minimum atomic E-state index is -4.62. The predicted octanol–water partition coefficient (Wildman–Crippen LogP) is 3.12. The molecule has 0 saturated carbocycles. The number of anilines is 1. The van der Waals surface area contributed by atoms with Crippen LogP contribution in [0.1, 0.15) is 17.0 Å². The van der Waals surface area contributed by atoms with E-state index in [4.69, 9.17) is 9.26 Å². The van der Waals surface area contributed by atoms with Gasteiger partial charge in [-0.1, -0.05) is 5.16 Å². The third-order valence-corrected chi connectivity index (χ3v) is 4.62. The molecule has 1 aromatic carbocycles. The Hall–Kier alpha value is -2.23. The number of nitrogens with zero attached hydrogens (tertiary/aromatic N) is 1. The van der Waals surface area contributed by atoms with Gasteiger partial charge in [0.25, 0.3) is 10.0 Å². The van der Waals surface area contributed by atoms with Gasteiger partial charge >= 0.3 is 6.18 Å². The van der Waals surface area contributed by atoms with E-state index in [1.807, 2.05) is 0 Å². The van der Waals surface area contributed by atoms with E-state index in [0.717, 1.165) is 12.1 Å². The minimum Gasteiger partial charge on any atom is -0.495 e. The second-order valence-corrected chi connectivity index (χ2v) is 6.29. The van der Waals surface area contributed by atoms with E-state index in [0.29, 0.717) is 6.07 Å². The molecule has 1 heterocycles.